The fraction of sp³-hybridized carbons (Fsp3) is 0.273. The Kier molecular flexibility index (Phi) is 5.25. The number of aromatic hydroxyl groups is 2. The summed E-state index contributed by atoms with van der Waals surface area (Å²) >= 11 is 0. The van der Waals surface area contributed by atoms with Gasteiger partial charge in [0, 0.05) is 6.42 Å². The lowest BCUT2D eigenvalue weighted by atomic mass is 9.93. The highest BCUT2D eigenvalue weighted by Crippen LogP contribution is 2.31. The molecule has 0 spiro atoms. The second-order valence-electron chi connectivity index (χ2n) is 7.53. The molecular weight excluding hydrogens is 360 g/mol. The highest BCUT2D eigenvalue weighted by Gasteiger charge is 2.33. The van der Waals surface area contributed by atoms with Gasteiger partial charge in [0.1, 0.15) is 11.5 Å². The lowest BCUT2D eigenvalue weighted by Gasteiger charge is -2.17. The number of esters is 2. The molecule has 6 heteroatoms. The van der Waals surface area contributed by atoms with Crippen LogP contribution in [0.25, 0.3) is 5.57 Å². The van der Waals surface area contributed by atoms with E-state index in [0.29, 0.717) is 24.0 Å². The first kappa shape index (κ1) is 19.6. The van der Waals surface area contributed by atoms with Crippen molar-refractivity contribution in [1.29, 1.82) is 0 Å². The standard InChI is InChI=1S/C22H22O6/c1-22(2,27)10-9-15-11-13(3-8-18(15)24)12-17-19(21(26)28-20(17)25)14-4-6-16(23)7-5-14/h3-8,11,23-24,27H,9-10,12H2,1-2H3. The average Bonchev–Trinajstić information content (AvgIpc) is 2.89. The van der Waals surface area contributed by atoms with Crippen LogP contribution < -0.4 is 0 Å². The summed E-state index contributed by atoms with van der Waals surface area (Å²) in [6, 6.07) is 11.0. The molecule has 0 saturated carbocycles. The third kappa shape index (κ3) is 4.40. The zero-order valence-electron chi connectivity index (χ0n) is 15.7. The molecule has 3 rings (SSSR count). The maximum absolute atomic E-state index is 12.2. The van der Waals surface area contributed by atoms with Crippen LogP contribution in [0.4, 0.5) is 0 Å². The molecule has 2 aromatic carbocycles. The van der Waals surface area contributed by atoms with Crippen molar-refractivity contribution < 1.29 is 29.6 Å². The van der Waals surface area contributed by atoms with Gasteiger partial charge >= 0.3 is 11.9 Å². The number of ether oxygens (including phenoxy) is 1. The van der Waals surface area contributed by atoms with Crippen molar-refractivity contribution in [1.82, 2.24) is 0 Å². The number of cyclic esters (lactones) is 2. The number of carbonyl (C=O) groups excluding carboxylic acids is 2. The second-order valence-corrected chi connectivity index (χ2v) is 7.53. The van der Waals surface area contributed by atoms with E-state index >= 15 is 0 Å². The van der Waals surface area contributed by atoms with Crippen LogP contribution in [0.3, 0.4) is 0 Å². The number of hydrogen-bond acceptors (Lipinski definition) is 6. The first-order valence-corrected chi connectivity index (χ1v) is 8.96. The van der Waals surface area contributed by atoms with Crippen LogP contribution >= 0.6 is 0 Å². The number of phenolic OH excluding ortho intramolecular Hbond substituents is 2. The number of rotatable bonds is 6. The lowest BCUT2D eigenvalue weighted by Crippen LogP contribution is -2.19. The molecule has 2 aromatic rings. The Morgan fingerprint density at radius 2 is 1.64 bits per heavy atom. The summed E-state index contributed by atoms with van der Waals surface area (Å²) in [5, 5.41) is 29.4. The van der Waals surface area contributed by atoms with E-state index in [1.807, 2.05) is 0 Å². The Morgan fingerprint density at radius 3 is 2.29 bits per heavy atom. The molecule has 0 fully saturated rings. The summed E-state index contributed by atoms with van der Waals surface area (Å²) < 4.78 is 4.79. The van der Waals surface area contributed by atoms with Gasteiger partial charge in [0.2, 0.25) is 0 Å². The molecule has 1 aliphatic rings. The largest absolute Gasteiger partial charge is 0.508 e. The van der Waals surface area contributed by atoms with Gasteiger partial charge in [0.15, 0.2) is 0 Å². The zero-order chi connectivity index (χ0) is 20.5. The van der Waals surface area contributed by atoms with Crippen LogP contribution in [-0.4, -0.2) is 32.9 Å². The van der Waals surface area contributed by atoms with Crippen molar-refractivity contribution in [3.8, 4) is 11.5 Å². The normalized spacial score (nSPS) is 14.5. The summed E-state index contributed by atoms with van der Waals surface area (Å²) in [5.41, 5.74) is 1.43. The molecule has 6 nitrogen and oxygen atoms in total. The maximum Gasteiger partial charge on any atom is 0.347 e. The van der Waals surface area contributed by atoms with Gasteiger partial charge in [-0.25, -0.2) is 9.59 Å². The molecule has 0 atom stereocenters. The molecule has 3 N–H and O–H groups in total. The van der Waals surface area contributed by atoms with Crippen molar-refractivity contribution in [3.63, 3.8) is 0 Å². The van der Waals surface area contributed by atoms with Crippen LogP contribution in [0.1, 0.15) is 37.0 Å². The molecule has 0 amide bonds. The van der Waals surface area contributed by atoms with E-state index < -0.39 is 17.5 Å². The number of aryl methyl sites for hydroxylation is 1. The van der Waals surface area contributed by atoms with E-state index in [4.69, 9.17) is 4.74 Å². The van der Waals surface area contributed by atoms with Gasteiger partial charge < -0.3 is 20.1 Å². The molecule has 1 aliphatic heterocycles. The second kappa shape index (κ2) is 7.48. The van der Waals surface area contributed by atoms with Crippen LogP contribution in [0.15, 0.2) is 48.0 Å². The molecule has 0 unspecified atom stereocenters. The van der Waals surface area contributed by atoms with Crippen molar-refractivity contribution in [2.24, 2.45) is 0 Å². The molecule has 0 bridgehead atoms. The fourth-order valence-corrected chi connectivity index (χ4v) is 3.10. The van der Waals surface area contributed by atoms with E-state index in [0.717, 1.165) is 5.56 Å². The van der Waals surface area contributed by atoms with Gasteiger partial charge in [-0.3, -0.25) is 0 Å². The number of aliphatic hydroxyl groups is 1. The quantitative estimate of drug-likeness (QED) is 0.524. The summed E-state index contributed by atoms with van der Waals surface area (Å²) in [7, 11) is 0. The highest BCUT2D eigenvalue weighted by atomic mass is 16.6. The van der Waals surface area contributed by atoms with Crippen LogP contribution in [0.5, 0.6) is 11.5 Å². The summed E-state index contributed by atoms with van der Waals surface area (Å²) in [5.74, 6) is -1.24. The topological polar surface area (TPSA) is 104 Å². The lowest BCUT2D eigenvalue weighted by molar-refractivity contribution is -0.150. The fourth-order valence-electron chi connectivity index (χ4n) is 3.10. The van der Waals surface area contributed by atoms with Gasteiger partial charge in [-0.1, -0.05) is 24.3 Å². The smallest absolute Gasteiger partial charge is 0.347 e. The summed E-state index contributed by atoms with van der Waals surface area (Å²) in [4.78, 5) is 24.4. The van der Waals surface area contributed by atoms with Crippen molar-refractivity contribution in [2.45, 2.75) is 38.7 Å². The minimum absolute atomic E-state index is 0.0542. The SMILES string of the molecule is CC(C)(O)CCc1cc(CC2=C(c3ccc(O)cc3)C(=O)OC2=O)ccc1O. The zero-order valence-corrected chi connectivity index (χ0v) is 15.7. The third-order valence-corrected chi connectivity index (χ3v) is 4.62. The Morgan fingerprint density at radius 1 is 0.964 bits per heavy atom. The molecule has 0 radical (unpaired) electrons. The summed E-state index contributed by atoms with van der Waals surface area (Å²) in [6.45, 7) is 3.39. The van der Waals surface area contributed by atoms with Crippen LogP contribution in [-0.2, 0) is 27.2 Å². The molecule has 1 heterocycles. The van der Waals surface area contributed by atoms with E-state index in [9.17, 15) is 24.9 Å². The predicted octanol–water partition coefficient (Wildman–Crippen LogP) is 2.88. The van der Waals surface area contributed by atoms with E-state index in [-0.39, 0.29) is 29.1 Å². The third-order valence-electron chi connectivity index (χ3n) is 4.62. The van der Waals surface area contributed by atoms with Gasteiger partial charge in [0.25, 0.3) is 0 Å². The Hall–Kier alpha value is -3.12. The molecule has 0 aromatic heterocycles. The van der Waals surface area contributed by atoms with E-state index in [1.54, 1.807) is 38.1 Å². The number of phenols is 2. The van der Waals surface area contributed by atoms with Crippen molar-refractivity contribution >= 4 is 17.5 Å². The number of hydrogen-bond donors (Lipinski definition) is 3. The van der Waals surface area contributed by atoms with Gasteiger partial charge in [-0.05, 0) is 61.6 Å². The van der Waals surface area contributed by atoms with Gasteiger partial charge in [-0.15, -0.1) is 0 Å². The molecule has 28 heavy (non-hydrogen) atoms. The van der Waals surface area contributed by atoms with E-state index in [2.05, 4.69) is 0 Å². The Balaban J connectivity index is 1.93. The van der Waals surface area contributed by atoms with Crippen molar-refractivity contribution in [3.05, 3.63) is 64.7 Å². The molecule has 146 valence electrons. The van der Waals surface area contributed by atoms with E-state index in [1.165, 1.54) is 18.2 Å². The highest BCUT2D eigenvalue weighted by molar-refractivity contribution is 6.30. The molecule has 0 aliphatic carbocycles. The maximum atomic E-state index is 12.2. The number of benzene rings is 2. The Labute approximate surface area is 162 Å². The van der Waals surface area contributed by atoms with Crippen molar-refractivity contribution in [2.75, 3.05) is 0 Å². The van der Waals surface area contributed by atoms with Crippen LogP contribution in [0.2, 0.25) is 0 Å². The predicted molar refractivity (Wildman–Crippen MR) is 103 cm³/mol. The minimum Gasteiger partial charge on any atom is -0.508 e. The van der Waals surface area contributed by atoms with Crippen LogP contribution in [0, 0.1) is 0 Å². The van der Waals surface area contributed by atoms with Gasteiger partial charge in [0.05, 0.1) is 16.7 Å². The number of carbonyl (C=O) groups is 2. The Bertz CT molecular complexity index is 948. The van der Waals surface area contributed by atoms with Gasteiger partial charge in [-0.2, -0.15) is 0 Å². The average molecular weight is 382 g/mol. The summed E-state index contributed by atoms with van der Waals surface area (Å²) in [6.07, 6.45) is 1.10. The molecule has 0 saturated heterocycles. The molecular formula is C22H22O6. The first-order valence-electron chi connectivity index (χ1n) is 8.96. The monoisotopic (exact) mass is 382 g/mol. The first-order chi connectivity index (χ1) is 13.1. The minimum atomic E-state index is -0.862.